The molecule has 0 bridgehead atoms. The van der Waals surface area contributed by atoms with Crippen LogP contribution in [0.2, 0.25) is 0 Å². The summed E-state index contributed by atoms with van der Waals surface area (Å²) in [6.07, 6.45) is 1.79. The molecule has 0 aromatic heterocycles. The minimum absolute atomic E-state index is 0.0336. The SMILES string of the molecule is CC(C#N)Cc1ccc(NS(C)(=O)=O)cc1. The molecule has 86 valence electrons. The highest BCUT2D eigenvalue weighted by atomic mass is 32.2. The maximum Gasteiger partial charge on any atom is 0.229 e. The zero-order valence-electron chi connectivity index (χ0n) is 9.27. The summed E-state index contributed by atoms with van der Waals surface area (Å²) in [6.45, 7) is 1.85. The van der Waals surface area contributed by atoms with Gasteiger partial charge in [0, 0.05) is 11.6 Å². The van der Waals surface area contributed by atoms with Gasteiger partial charge in [-0.1, -0.05) is 12.1 Å². The smallest absolute Gasteiger partial charge is 0.229 e. The molecule has 1 aromatic rings. The van der Waals surface area contributed by atoms with Crippen molar-refractivity contribution < 1.29 is 8.42 Å². The van der Waals surface area contributed by atoms with Crippen LogP contribution in [-0.4, -0.2) is 14.7 Å². The molecular weight excluding hydrogens is 224 g/mol. The fourth-order valence-corrected chi connectivity index (χ4v) is 1.89. The van der Waals surface area contributed by atoms with E-state index in [0.717, 1.165) is 11.8 Å². The summed E-state index contributed by atoms with van der Waals surface area (Å²) in [7, 11) is -3.22. The molecular formula is C11H14N2O2S. The molecule has 0 aliphatic carbocycles. The molecule has 5 heteroatoms. The monoisotopic (exact) mass is 238 g/mol. The molecule has 4 nitrogen and oxygen atoms in total. The average Bonchev–Trinajstić information content (AvgIpc) is 2.18. The van der Waals surface area contributed by atoms with Crippen LogP contribution in [0.25, 0.3) is 0 Å². The minimum atomic E-state index is -3.22. The Hall–Kier alpha value is -1.54. The highest BCUT2D eigenvalue weighted by Crippen LogP contribution is 2.13. The normalized spacial score (nSPS) is 12.8. The van der Waals surface area contributed by atoms with Gasteiger partial charge in [-0.05, 0) is 31.0 Å². The van der Waals surface area contributed by atoms with E-state index in [1.54, 1.807) is 12.1 Å². The van der Waals surface area contributed by atoms with Crippen molar-refractivity contribution in [3.63, 3.8) is 0 Å². The number of nitrogens with one attached hydrogen (secondary N) is 1. The molecule has 0 spiro atoms. The number of hydrogen-bond donors (Lipinski definition) is 1. The lowest BCUT2D eigenvalue weighted by Gasteiger charge is -2.06. The third-order valence-corrected chi connectivity index (χ3v) is 2.63. The lowest BCUT2D eigenvalue weighted by atomic mass is 10.0. The third kappa shape index (κ3) is 4.32. The second-order valence-corrected chi connectivity index (χ2v) is 5.55. The number of anilines is 1. The highest BCUT2D eigenvalue weighted by Gasteiger charge is 2.04. The summed E-state index contributed by atoms with van der Waals surface area (Å²) in [5.41, 5.74) is 1.56. The fourth-order valence-electron chi connectivity index (χ4n) is 1.32. The highest BCUT2D eigenvalue weighted by molar-refractivity contribution is 7.92. The Morgan fingerprint density at radius 1 is 1.38 bits per heavy atom. The number of nitrogens with zero attached hydrogens (tertiary/aromatic N) is 1. The summed E-state index contributed by atoms with van der Waals surface area (Å²) < 4.78 is 24.3. The summed E-state index contributed by atoms with van der Waals surface area (Å²) in [4.78, 5) is 0. The Bertz CT molecular complexity index is 486. The molecule has 0 heterocycles. The van der Waals surface area contributed by atoms with Crippen molar-refractivity contribution in [2.24, 2.45) is 5.92 Å². The van der Waals surface area contributed by atoms with Crippen molar-refractivity contribution >= 4 is 15.7 Å². The van der Waals surface area contributed by atoms with Crippen LogP contribution in [0.3, 0.4) is 0 Å². The van der Waals surface area contributed by atoms with Crippen molar-refractivity contribution in [3.8, 4) is 6.07 Å². The van der Waals surface area contributed by atoms with E-state index < -0.39 is 10.0 Å². The van der Waals surface area contributed by atoms with Crippen LogP contribution < -0.4 is 4.72 Å². The van der Waals surface area contributed by atoms with Crippen LogP contribution in [0, 0.1) is 17.2 Å². The summed E-state index contributed by atoms with van der Waals surface area (Å²) in [5.74, 6) is -0.0336. The number of sulfonamides is 1. The molecule has 0 radical (unpaired) electrons. The Labute approximate surface area is 96.0 Å². The van der Waals surface area contributed by atoms with Crippen molar-refractivity contribution in [2.75, 3.05) is 11.0 Å². The van der Waals surface area contributed by atoms with Crippen LogP contribution in [-0.2, 0) is 16.4 Å². The van der Waals surface area contributed by atoms with E-state index in [-0.39, 0.29) is 5.92 Å². The first kappa shape index (κ1) is 12.5. The number of benzene rings is 1. The Balaban J connectivity index is 2.73. The largest absolute Gasteiger partial charge is 0.284 e. The molecule has 0 saturated carbocycles. The van der Waals surface area contributed by atoms with Gasteiger partial charge in [0.05, 0.1) is 12.3 Å². The van der Waals surface area contributed by atoms with Crippen LogP contribution in [0.5, 0.6) is 0 Å². The lowest BCUT2D eigenvalue weighted by Crippen LogP contribution is -2.09. The maximum atomic E-state index is 11.0. The van der Waals surface area contributed by atoms with Gasteiger partial charge in [-0.3, -0.25) is 4.72 Å². The van der Waals surface area contributed by atoms with E-state index >= 15 is 0 Å². The first-order valence-corrected chi connectivity index (χ1v) is 6.76. The molecule has 0 amide bonds. The Morgan fingerprint density at radius 2 is 1.94 bits per heavy atom. The number of nitriles is 1. The molecule has 1 N–H and O–H groups in total. The molecule has 1 atom stereocenters. The van der Waals surface area contributed by atoms with Gasteiger partial charge >= 0.3 is 0 Å². The topological polar surface area (TPSA) is 70.0 Å². The fraction of sp³-hybridized carbons (Fsp3) is 0.364. The zero-order chi connectivity index (χ0) is 12.2. The summed E-state index contributed by atoms with van der Waals surface area (Å²) in [5, 5.41) is 8.66. The van der Waals surface area contributed by atoms with Gasteiger partial charge in [0.1, 0.15) is 0 Å². The second kappa shape index (κ2) is 4.99. The molecule has 0 saturated heterocycles. The van der Waals surface area contributed by atoms with E-state index in [4.69, 9.17) is 5.26 Å². The summed E-state index contributed by atoms with van der Waals surface area (Å²) in [6, 6.07) is 9.19. The second-order valence-electron chi connectivity index (χ2n) is 3.81. The van der Waals surface area contributed by atoms with Gasteiger partial charge in [0.2, 0.25) is 10.0 Å². The van der Waals surface area contributed by atoms with Crippen molar-refractivity contribution in [1.29, 1.82) is 5.26 Å². The first-order chi connectivity index (χ1) is 7.40. The van der Waals surface area contributed by atoms with Crippen LogP contribution in [0.15, 0.2) is 24.3 Å². The molecule has 0 fully saturated rings. The first-order valence-electron chi connectivity index (χ1n) is 4.87. The van der Waals surface area contributed by atoms with Crippen LogP contribution in [0.4, 0.5) is 5.69 Å². The standard InChI is InChI=1S/C11H14N2O2S/c1-9(8-12)7-10-3-5-11(6-4-10)13-16(2,14)15/h3-6,9,13H,7H2,1-2H3. The predicted octanol–water partition coefficient (Wildman–Crippen LogP) is 1.76. The quantitative estimate of drug-likeness (QED) is 0.868. The molecule has 1 unspecified atom stereocenters. The molecule has 1 aromatic carbocycles. The Morgan fingerprint density at radius 3 is 2.38 bits per heavy atom. The molecule has 0 aliphatic rings. The zero-order valence-corrected chi connectivity index (χ0v) is 10.1. The van der Waals surface area contributed by atoms with E-state index in [2.05, 4.69) is 10.8 Å². The minimum Gasteiger partial charge on any atom is -0.284 e. The summed E-state index contributed by atoms with van der Waals surface area (Å²) >= 11 is 0. The van der Waals surface area contributed by atoms with Gasteiger partial charge in [-0.25, -0.2) is 8.42 Å². The molecule has 16 heavy (non-hydrogen) atoms. The number of rotatable bonds is 4. The van der Waals surface area contributed by atoms with E-state index in [1.165, 1.54) is 0 Å². The van der Waals surface area contributed by atoms with Gasteiger partial charge in [-0.15, -0.1) is 0 Å². The van der Waals surface area contributed by atoms with Crippen molar-refractivity contribution in [2.45, 2.75) is 13.3 Å². The van der Waals surface area contributed by atoms with Crippen molar-refractivity contribution in [3.05, 3.63) is 29.8 Å². The van der Waals surface area contributed by atoms with Crippen molar-refractivity contribution in [1.82, 2.24) is 0 Å². The Kier molecular flexibility index (Phi) is 3.91. The third-order valence-electron chi connectivity index (χ3n) is 2.02. The van der Waals surface area contributed by atoms with E-state index in [1.807, 2.05) is 19.1 Å². The van der Waals surface area contributed by atoms with Gasteiger partial charge in [0.25, 0.3) is 0 Å². The predicted molar refractivity (Wildman–Crippen MR) is 63.4 cm³/mol. The molecule has 1 rings (SSSR count). The van der Waals surface area contributed by atoms with Gasteiger partial charge < -0.3 is 0 Å². The lowest BCUT2D eigenvalue weighted by molar-refractivity contribution is 0.607. The van der Waals surface area contributed by atoms with Gasteiger partial charge in [-0.2, -0.15) is 5.26 Å². The van der Waals surface area contributed by atoms with Crippen LogP contribution in [0.1, 0.15) is 12.5 Å². The van der Waals surface area contributed by atoms with Gasteiger partial charge in [0.15, 0.2) is 0 Å². The maximum absolute atomic E-state index is 11.0. The van der Waals surface area contributed by atoms with E-state index in [0.29, 0.717) is 12.1 Å². The van der Waals surface area contributed by atoms with Crippen LogP contribution >= 0.6 is 0 Å². The van der Waals surface area contributed by atoms with E-state index in [9.17, 15) is 8.42 Å². The molecule has 0 aliphatic heterocycles. The number of hydrogen-bond acceptors (Lipinski definition) is 3. The average molecular weight is 238 g/mol.